The lowest BCUT2D eigenvalue weighted by atomic mass is 10.2. The Morgan fingerprint density at radius 3 is 2.32 bits per heavy atom. The van der Waals surface area contributed by atoms with Crippen molar-refractivity contribution in [3.8, 4) is 0 Å². The first kappa shape index (κ1) is 13.1. The van der Waals surface area contributed by atoms with Gasteiger partial charge in [0.15, 0.2) is 0 Å². The van der Waals surface area contributed by atoms with Crippen LogP contribution in [0.2, 0.25) is 0 Å². The van der Waals surface area contributed by atoms with Gasteiger partial charge in [0.2, 0.25) is 11.8 Å². The first-order valence-electron chi connectivity index (χ1n) is 5.87. The maximum atomic E-state index is 11.4. The number of anilines is 1. The van der Waals surface area contributed by atoms with E-state index in [1.54, 1.807) is 24.3 Å². The third kappa shape index (κ3) is 2.90. The molecular formula is C13H14N2O4. The average Bonchev–Trinajstić information content (AvgIpc) is 2.75. The van der Waals surface area contributed by atoms with Crippen LogP contribution in [0.3, 0.4) is 0 Å². The Bertz CT molecular complexity index is 494. The number of hydrogen-bond acceptors (Lipinski definition) is 5. The van der Waals surface area contributed by atoms with Crippen molar-refractivity contribution in [2.24, 2.45) is 0 Å². The molecule has 6 heteroatoms. The van der Waals surface area contributed by atoms with Crippen LogP contribution in [0.4, 0.5) is 5.69 Å². The number of ether oxygens (including phenoxy) is 1. The molecule has 1 aliphatic rings. The third-order valence-corrected chi connectivity index (χ3v) is 2.90. The highest BCUT2D eigenvalue weighted by molar-refractivity contribution is 6.02. The summed E-state index contributed by atoms with van der Waals surface area (Å²) in [6.45, 7) is 0.148. The van der Waals surface area contributed by atoms with E-state index in [4.69, 9.17) is 0 Å². The lowest BCUT2D eigenvalue weighted by molar-refractivity contribution is -0.137. The molecule has 1 aliphatic heterocycles. The summed E-state index contributed by atoms with van der Waals surface area (Å²) in [4.78, 5) is 35.2. The van der Waals surface area contributed by atoms with E-state index in [0.717, 1.165) is 5.69 Å². The molecule has 100 valence electrons. The van der Waals surface area contributed by atoms with E-state index in [0.29, 0.717) is 5.56 Å². The van der Waals surface area contributed by atoms with Crippen molar-refractivity contribution in [3.05, 3.63) is 29.8 Å². The Morgan fingerprint density at radius 2 is 1.79 bits per heavy atom. The van der Waals surface area contributed by atoms with Crippen LogP contribution in [0, 0.1) is 0 Å². The largest absolute Gasteiger partial charge is 0.465 e. The molecule has 0 aliphatic carbocycles. The summed E-state index contributed by atoms with van der Waals surface area (Å²) < 4.78 is 4.59. The molecule has 0 radical (unpaired) electrons. The second kappa shape index (κ2) is 5.51. The van der Waals surface area contributed by atoms with Gasteiger partial charge in [-0.05, 0) is 24.3 Å². The van der Waals surface area contributed by atoms with Gasteiger partial charge in [-0.15, -0.1) is 0 Å². The molecule has 1 heterocycles. The maximum absolute atomic E-state index is 11.4. The van der Waals surface area contributed by atoms with Gasteiger partial charge in [-0.25, -0.2) is 4.79 Å². The zero-order valence-corrected chi connectivity index (χ0v) is 10.5. The summed E-state index contributed by atoms with van der Waals surface area (Å²) in [5.74, 6) is -0.733. The predicted octanol–water partition coefficient (Wildman–Crippen LogP) is 0.992. The fourth-order valence-electron chi connectivity index (χ4n) is 1.81. The summed E-state index contributed by atoms with van der Waals surface area (Å²) in [5.41, 5.74) is 1.17. The number of likely N-dealkylation sites (tertiary alicyclic amines) is 1. The Balaban J connectivity index is 1.95. The Kier molecular flexibility index (Phi) is 3.79. The van der Waals surface area contributed by atoms with Crippen molar-refractivity contribution in [1.82, 2.24) is 4.90 Å². The van der Waals surface area contributed by atoms with Gasteiger partial charge in [-0.1, -0.05) is 0 Å². The van der Waals surface area contributed by atoms with E-state index in [2.05, 4.69) is 10.1 Å². The topological polar surface area (TPSA) is 75.7 Å². The lowest BCUT2D eigenvalue weighted by Gasteiger charge is -2.15. The van der Waals surface area contributed by atoms with Crippen LogP contribution in [0.1, 0.15) is 23.2 Å². The van der Waals surface area contributed by atoms with Crippen LogP contribution in [0.25, 0.3) is 0 Å². The fraction of sp³-hybridized carbons (Fsp3) is 0.308. The van der Waals surface area contributed by atoms with E-state index in [9.17, 15) is 14.4 Å². The van der Waals surface area contributed by atoms with Gasteiger partial charge in [0.05, 0.1) is 19.3 Å². The normalized spacial score (nSPS) is 14.7. The highest BCUT2D eigenvalue weighted by Crippen LogP contribution is 2.14. The molecule has 19 heavy (non-hydrogen) atoms. The summed E-state index contributed by atoms with van der Waals surface area (Å²) in [5, 5.41) is 2.96. The van der Waals surface area contributed by atoms with E-state index in [-0.39, 0.29) is 31.3 Å². The van der Waals surface area contributed by atoms with Crippen molar-refractivity contribution in [1.29, 1.82) is 0 Å². The number of imide groups is 1. The van der Waals surface area contributed by atoms with Crippen molar-refractivity contribution in [2.45, 2.75) is 12.8 Å². The van der Waals surface area contributed by atoms with Crippen LogP contribution >= 0.6 is 0 Å². The first-order chi connectivity index (χ1) is 9.11. The third-order valence-electron chi connectivity index (χ3n) is 2.90. The number of nitrogens with zero attached hydrogens (tertiary/aromatic N) is 1. The van der Waals surface area contributed by atoms with Gasteiger partial charge in [-0.3, -0.25) is 14.5 Å². The second-order valence-corrected chi connectivity index (χ2v) is 4.12. The summed E-state index contributed by atoms with van der Waals surface area (Å²) in [7, 11) is 1.32. The van der Waals surface area contributed by atoms with Gasteiger partial charge in [-0.2, -0.15) is 0 Å². The van der Waals surface area contributed by atoms with Crippen LogP contribution < -0.4 is 5.32 Å². The van der Waals surface area contributed by atoms with Crippen molar-refractivity contribution < 1.29 is 19.1 Å². The number of hydrogen-bond donors (Lipinski definition) is 1. The number of nitrogens with one attached hydrogen (secondary N) is 1. The standard InChI is InChI=1S/C13H14N2O4/c1-19-13(18)9-2-4-10(5-3-9)14-8-15-11(16)6-7-12(15)17/h2-5,14H,6-8H2,1H3. The molecule has 0 unspecified atom stereocenters. The van der Waals surface area contributed by atoms with Crippen molar-refractivity contribution in [3.63, 3.8) is 0 Å². The summed E-state index contributed by atoms with van der Waals surface area (Å²) >= 11 is 0. The number of rotatable bonds is 4. The van der Waals surface area contributed by atoms with Gasteiger partial charge in [0, 0.05) is 18.5 Å². The van der Waals surface area contributed by atoms with Gasteiger partial charge < -0.3 is 10.1 Å². The van der Waals surface area contributed by atoms with Gasteiger partial charge in [0.1, 0.15) is 0 Å². The monoisotopic (exact) mass is 262 g/mol. The minimum absolute atomic E-state index is 0.148. The summed E-state index contributed by atoms with van der Waals surface area (Å²) in [6, 6.07) is 6.61. The lowest BCUT2D eigenvalue weighted by Crippen LogP contribution is -2.33. The maximum Gasteiger partial charge on any atom is 0.337 e. The zero-order valence-electron chi connectivity index (χ0n) is 10.5. The molecule has 6 nitrogen and oxygen atoms in total. The van der Waals surface area contributed by atoms with Crippen molar-refractivity contribution >= 4 is 23.5 Å². The Hall–Kier alpha value is -2.37. The summed E-state index contributed by atoms with van der Waals surface area (Å²) in [6.07, 6.45) is 0.559. The number of methoxy groups -OCH3 is 1. The molecule has 0 atom stereocenters. The number of esters is 1. The van der Waals surface area contributed by atoms with E-state index >= 15 is 0 Å². The number of carbonyl (C=O) groups excluding carboxylic acids is 3. The molecule has 1 saturated heterocycles. The minimum Gasteiger partial charge on any atom is -0.465 e. The van der Waals surface area contributed by atoms with E-state index < -0.39 is 5.97 Å². The molecule has 1 N–H and O–H groups in total. The smallest absolute Gasteiger partial charge is 0.337 e. The highest BCUT2D eigenvalue weighted by Gasteiger charge is 2.28. The predicted molar refractivity (Wildman–Crippen MR) is 67.4 cm³/mol. The number of amides is 2. The molecule has 2 amide bonds. The first-order valence-corrected chi connectivity index (χ1v) is 5.87. The average molecular weight is 262 g/mol. The molecular weight excluding hydrogens is 248 g/mol. The Labute approximate surface area is 110 Å². The molecule has 0 bridgehead atoms. The van der Waals surface area contributed by atoms with Crippen LogP contribution in [0.5, 0.6) is 0 Å². The molecule has 1 aromatic carbocycles. The minimum atomic E-state index is -0.406. The molecule has 0 aromatic heterocycles. The quantitative estimate of drug-likeness (QED) is 0.647. The van der Waals surface area contributed by atoms with Gasteiger partial charge in [0.25, 0.3) is 0 Å². The SMILES string of the molecule is COC(=O)c1ccc(NCN2C(=O)CCC2=O)cc1. The molecule has 0 spiro atoms. The molecule has 2 rings (SSSR count). The zero-order chi connectivity index (χ0) is 13.8. The molecule has 1 fully saturated rings. The van der Waals surface area contributed by atoms with Crippen LogP contribution in [-0.4, -0.2) is 36.5 Å². The van der Waals surface area contributed by atoms with Gasteiger partial charge >= 0.3 is 5.97 Å². The van der Waals surface area contributed by atoms with Crippen LogP contribution in [0.15, 0.2) is 24.3 Å². The Morgan fingerprint density at radius 1 is 1.21 bits per heavy atom. The van der Waals surface area contributed by atoms with E-state index in [1.165, 1.54) is 12.0 Å². The molecule has 1 aromatic rings. The van der Waals surface area contributed by atoms with E-state index in [1.807, 2.05) is 0 Å². The highest BCUT2D eigenvalue weighted by atomic mass is 16.5. The fourth-order valence-corrected chi connectivity index (χ4v) is 1.81. The number of benzene rings is 1. The van der Waals surface area contributed by atoms with Crippen LogP contribution in [-0.2, 0) is 14.3 Å². The molecule has 0 saturated carbocycles. The second-order valence-electron chi connectivity index (χ2n) is 4.12. The number of carbonyl (C=O) groups is 3. The van der Waals surface area contributed by atoms with Crippen molar-refractivity contribution in [2.75, 3.05) is 19.1 Å².